The number of fused-ring (bicyclic) bond motifs is 1. The molecule has 110 valence electrons. The minimum atomic E-state index is -3.93. The third kappa shape index (κ3) is 2.64. The molecule has 1 aliphatic heterocycles. The lowest BCUT2D eigenvalue weighted by molar-refractivity contribution is 0.0980. The summed E-state index contributed by atoms with van der Waals surface area (Å²) in [6, 6.07) is 8.71. The molecule has 1 amide bonds. The summed E-state index contributed by atoms with van der Waals surface area (Å²) < 4.78 is 32.9. The Hall–Kier alpha value is -2.28. The Bertz CT molecular complexity index is 753. The van der Waals surface area contributed by atoms with Gasteiger partial charge in [0.2, 0.25) is 0 Å². The summed E-state index contributed by atoms with van der Waals surface area (Å²) in [6.45, 7) is 0.352. The molecular formula is C14H14N2O4S. The predicted molar refractivity (Wildman–Crippen MR) is 77.2 cm³/mol. The van der Waals surface area contributed by atoms with E-state index in [0.717, 1.165) is 18.4 Å². The summed E-state index contributed by atoms with van der Waals surface area (Å²) in [6.07, 6.45) is 4.07. The summed E-state index contributed by atoms with van der Waals surface area (Å²) in [5.41, 5.74) is 1.75. The van der Waals surface area contributed by atoms with Gasteiger partial charge in [0.1, 0.15) is 6.26 Å². The van der Waals surface area contributed by atoms with Crippen molar-refractivity contribution in [3.8, 4) is 0 Å². The lowest BCUT2D eigenvalue weighted by atomic mass is 10.0. The number of rotatable bonds is 3. The molecule has 1 aromatic carbocycles. The molecule has 2 heterocycles. The van der Waals surface area contributed by atoms with Crippen molar-refractivity contribution in [3.63, 3.8) is 0 Å². The summed E-state index contributed by atoms with van der Waals surface area (Å²) in [4.78, 5) is 11.9. The number of nitrogens with one attached hydrogen (secondary N) is 1. The van der Waals surface area contributed by atoms with Crippen molar-refractivity contribution in [3.05, 3.63) is 54.0 Å². The van der Waals surface area contributed by atoms with Crippen LogP contribution in [0.4, 0.5) is 5.69 Å². The van der Waals surface area contributed by atoms with Crippen molar-refractivity contribution in [2.75, 3.05) is 10.8 Å². The molecule has 0 spiro atoms. The zero-order valence-corrected chi connectivity index (χ0v) is 12.0. The highest BCUT2D eigenvalue weighted by atomic mass is 32.2. The molecule has 0 atom stereocenters. The highest BCUT2D eigenvalue weighted by Gasteiger charge is 2.29. The Labute approximate surface area is 122 Å². The Kier molecular flexibility index (Phi) is 3.42. The molecule has 1 N–H and O–H groups in total. The van der Waals surface area contributed by atoms with E-state index in [1.54, 1.807) is 12.1 Å². The fourth-order valence-electron chi connectivity index (χ4n) is 2.37. The number of para-hydroxylation sites is 1. The Morgan fingerprint density at radius 1 is 1.24 bits per heavy atom. The van der Waals surface area contributed by atoms with Crippen LogP contribution in [0.1, 0.15) is 22.3 Å². The number of carbonyl (C=O) groups excluding carboxylic acids is 1. The lowest BCUT2D eigenvalue weighted by Gasteiger charge is -2.30. The van der Waals surface area contributed by atoms with Crippen LogP contribution in [0.25, 0.3) is 0 Å². The average Bonchev–Trinajstić information content (AvgIpc) is 3.00. The molecule has 0 saturated carbocycles. The van der Waals surface area contributed by atoms with Gasteiger partial charge in [-0.3, -0.25) is 9.10 Å². The second-order valence-corrected chi connectivity index (χ2v) is 6.35. The number of nitrogens with zero attached hydrogens (tertiary/aromatic N) is 1. The monoisotopic (exact) mass is 306 g/mol. The van der Waals surface area contributed by atoms with Crippen LogP contribution in [0.5, 0.6) is 0 Å². The number of carbonyl (C=O) groups is 1. The Balaban J connectivity index is 1.88. The number of anilines is 1. The zero-order chi connectivity index (χ0) is 14.9. The van der Waals surface area contributed by atoms with Gasteiger partial charge in [-0.05, 0) is 30.5 Å². The van der Waals surface area contributed by atoms with Crippen LogP contribution >= 0.6 is 0 Å². The second-order valence-electron chi connectivity index (χ2n) is 4.75. The van der Waals surface area contributed by atoms with Gasteiger partial charge < -0.3 is 4.42 Å². The van der Waals surface area contributed by atoms with E-state index in [1.165, 1.54) is 22.9 Å². The molecule has 7 heteroatoms. The first kappa shape index (κ1) is 13.7. The molecule has 3 rings (SSSR count). The van der Waals surface area contributed by atoms with Gasteiger partial charge in [0, 0.05) is 6.54 Å². The number of amides is 1. The largest absolute Gasteiger partial charge is 0.472 e. The Morgan fingerprint density at radius 2 is 2.05 bits per heavy atom. The zero-order valence-electron chi connectivity index (χ0n) is 11.2. The van der Waals surface area contributed by atoms with Crippen LogP contribution in [-0.4, -0.2) is 20.9 Å². The van der Waals surface area contributed by atoms with E-state index in [9.17, 15) is 13.2 Å². The highest BCUT2D eigenvalue weighted by molar-refractivity contribution is 7.91. The molecule has 1 aromatic heterocycles. The van der Waals surface area contributed by atoms with Gasteiger partial charge in [-0.2, -0.15) is 8.42 Å². The minimum absolute atomic E-state index is 0.170. The number of benzene rings is 1. The molecule has 21 heavy (non-hydrogen) atoms. The SMILES string of the molecule is O=C(NS(=O)(=O)N1CCCc2ccccc21)c1ccoc1. The summed E-state index contributed by atoms with van der Waals surface area (Å²) in [5, 5.41) is 0. The van der Waals surface area contributed by atoms with Gasteiger partial charge in [0.25, 0.3) is 5.91 Å². The molecule has 0 saturated heterocycles. The third-order valence-corrected chi connectivity index (χ3v) is 4.77. The number of hydrogen-bond acceptors (Lipinski definition) is 4. The van der Waals surface area contributed by atoms with Crippen LogP contribution < -0.4 is 9.03 Å². The smallest absolute Gasteiger partial charge is 0.326 e. The van der Waals surface area contributed by atoms with Crippen molar-refractivity contribution in [1.82, 2.24) is 4.72 Å². The van der Waals surface area contributed by atoms with E-state index in [-0.39, 0.29) is 5.56 Å². The molecule has 2 aromatic rings. The first-order valence-electron chi connectivity index (χ1n) is 6.53. The van der Waals surface area contributed by atoms with Crippen molar-refractivity contribution < 1.29 is 17.6 Å². The molecule has 0 bridgehead atoms. The highest BCUT2D eigenvalue weighted by Crippen LogP contribution is 2.28. The van der Waals surface area contributed by atoms with Crippen molar-refractivity contribution in [1.29, 1.82) is 0 Å². The topological polar surface area (TPSA) is 79.6 Å². The fourth-order valence-corrected chi connectivity index (χ4v) is 3.64. The molecule has 0 aliphatic carbocycles. The van der Waals surface area contributed by atoms with Crippen LogP contribution in [0.15, 0.2) is 47.3 Å². The molecule has 1 aliphatic rings. The van der Waals surface area contributed by atoms with Crippen LogP contribution in [0.3, 0.4) is 0 Å². The van der Waals surface area contributed by atoms with Gasteiger partial charge in [-0.15, -0.1) is 0 Å². The average molecular weight is 306 g/mol. The van der Waals surface area contributed by atoms with E-state index in [4.69, 9.17) is 4.42 Å². The molecule has 0 radical (unpaired) electrons. The number of furan rings is 1. The predicted octanol–water partition coefficient (Wildman–Crippen LogP) is 1.71. The van der Waals surface area contributed by atoms with Crippen molar-refractivity contribution in [2.45, 2.75) is 12.8 Å². The van der Waals surface area contributed by atoms with Gasteiger partial charge in [0.05, 0.1) is 17.5 Å². The minimum Gasteiger partial charge on any atom is -0.472 e. The quantitative estimate of drug-likeness (QED) is 0.936. The summed E-state index contributed by atoms with van der Waals surface area (Å²) >= 11 is 0. The maximum Gasteiger partial charge on any atom is 0.326 e. The van der Waals surface area contributed by atoms with Crippen LogP contribution in [0, 0.1) is 0 Å². The summed E-state index contributed by atoms with van der Waals surface area (Å²) in [5.74, 6) is -0.702. The summed E-state index contributed by atoms with van der Waals surface area (Å²) in [7, 11) is -3.93. The molecule has 0 fully saturated rings. The normalized spacial score (nSPS) is 14.6. The van der Waals surface area contributed by atoms with Gasteiger partial charge in [-0.25, -0.2) is 4.72 Å². The van der Waals surface area contributed by atoms with Crippen LogP contribution in [0.2, 0.25) is 0 Å². The van der Waals surface area contributed by atoms with Gasteiger partial charge in [0.15, 0.2) is 0 Å². The molecule has 6 nitrogen and oxygen atoms in total. The van der Waals surface area contributed by atoms with E-state index in [0.29, 0.717) is 12.2 Å². The van der Waals surface area contributed by atoms with Gasteiger partial charge >= 0.3 is 10.2 Å². The fraction of sp³-hybridized carbons (Fsp3) is 0.214. The lowest BCUT2D eigenvalue weighted by Crippen LogP contribution is -2.45. The molecule has 0 unspecified atom stereocenters. The van der Waals surface area contributed by atoms with E-state index in [1.807, 2.05) is 12.1 Å². The van der Waals surface area contributed by atoms with Gasteiger partial charge in [-0.1, -0.05) is 18.2 Å². The number of hydrogen-bond donors (Lipinski definition) is 1. The van der Waals surface area contributed by atoms with E-state index >= 15 is 0 Å². The maximum atomic E-state index is 12.4. The van der Waals surface area contributed by atoms with Crippen molar-refractivity contribution >= 4 is 21.8 Å². The first-order chi connectivity index (χ1) is 10.1. The van der Waals surface area contributed by atoms with E-state index in [2.05, 4.69) is 4.72 Å². The third-order valence-electron chi connectivity index (χ3n) is 3.36. The van der Waals surface area contributed by atoms with E-state index < -0.39 is 16.1 Å². The first-order valence-corrected chi connectivity index (χ1v) is 7.97. The van der Waals surface area contributed by atoms with Crippen LogP contribution in [-0.2, 0) is 16.6 Å². The standard InChI is InChI=1S/C14H14N2O4S/c17-14(12-7-9-20-10-12)15-21(18,19)16-8-3-5-11-4-1-2-6-13(11)16/h1-2,4,6-7,9-10H,3,5,8H2,(H,15,17). The second kappa shape index (κ2) is 5.25. The maximum absolute atomic E-state index is 12.4. The Morgan fingerprint density at radius 3 is 2.81 bits per heavy atom. The van der Waals surface area contributed by atoms with Crippen molar-refractivity contribution in [2.24, 2.45) is 0 Å². The number of aryl methyl sites for hydroxylation is 1. The molecular weight excluding hydrogens is 292 g/mol.